The average Bonchev–Trinajstić information content (AvgIpc) is 1.99. The van der Waals surface area contributed by atoms with Gasteiger partial charge < -0.3 is 4.43 Å². The Hall–Kier alpha value is -0.0831. The molecular weight excluding hydrogens is 188 g/mol. The second-order valence-electron chi connectivity index (χ2n) is 5.57. The van der Waals surface area contributed by atoms with E-state index in [4.69, 9.17) is 4.43 Å². The standard InChI is InChI=1S/C12H26OSi/c1-8-9-11(2)10-13-14(6,7)12(3,4)5/h8-9,11H,10H2,1-7H3/b9-8+/t11-/m0/s1. The zero-order valence-electron chi connectivity index (χ0n) is 10.8. The lowest BCUT2D eigenvalue weighted by atomic mass is 10.2. The van der Waals surface area contributed by atoms with Gasteiger partial charge in [-0.15, -0.1) is 0 Å². The number of allylic oxidation sites excluding steroid dienone is 1. The Morgan fingerprint density at radius 3 is 2.14 bits per heavy atom. The molecule has 0 aliphatic carbocycles. The predicted molar refractivity (Wildman–Crippen MR) is 67.1 cm³/mol. The van der Waals surface area contributed by atoms with Gasteiger partial charge in [0, 0.05) is 6.61 Å². The molecule has 0 heterocycles. The van der Waals surface area contributed by atoms with Gasteiger partial charge >= 0.3 is 0 Å². The van der Waals surface area contributed by atoms with Gasteiger partial charge in [0.05, 0.1) is 0 Å². The van der Waals surface area contributed by atoms with Crippen LogP contribution >= 0.6 is 0 Å². The summed E-state index contributed by atoms with van der Waals surface area (Å²) < 4.78 is 6.10. The van der Waals surface area contributed by atoms with E-state index in [0.29, 0.717) is 11.0 Å². The third-order valence-electron chi connectivity index (χ3n) is 3.03. The quantitative estimate of drug-likeness (QED) is 0.503. The molecule has 0 fully saturated rings. The first-order chi connectivity index (χ1) is 6.20. The SMILES string of the molecule is C/C=C/[C@H](C)CO[Si](C)(C)C(C)(C)C. The highest BCUT2D eigenvalue weighted by molar-refractivity contribution is 6.74. The highest BCUT2D eigenvalue weighted by atomic mass is 28.4. The molecular formula is C12H26OSi. The number of hydrogen-bond donors (Lipinski definition) is 0. The second kappa shape index (κ2) is 5.13. The minimum atomic E-state index is -1.53. The third-order valence-corrected chi connectivity index (χ3v) is 7.53. The van der Waals surface area contributed by atoms with E-state index in [9.17, 15) is 0 Å². The largest absolute Gasteiger partial charge is 0.416 e. The van der Waals surface area contributed by atoms with Crippen molar-refractivity contribution in [1.82, 2.24) is 0 Å². The zero-order valence-corrected chi connectivity index (χ0v) is 11.8. The molecule has 0 spiro atoms. The summed E-state index contributed by atoms with van der Waals surface area (Å²) in [5.74, 6) is 0.536. The summed E-state index contributed by atoms with van der Waals surface area (Å²) in [5, 5.41) is 0.322. The molecule has 0 unspecified atom stereocenters. The first-order valence-corrected chi connectivity index (χ1v) is 8.38. The van der Waals surface area contributed by atoms with Gasteiger partial charge in [0.15, 0.2) is 8.32 Å². The van der Waals surface area contributed by atoms with Crippen LogP contribution in [0.5, 0.6) is 0 Å². The molecule has 0 aromatic heterocycles. The fraction of sp³-hybridized carbons (Fsp3) is 0.833. The van der Waals surface area contributed by atoms with Crippen LogP contribution in [0.3, 0.4) is 0 Å². The molecule has 0 amide bonds. The summed E-state index contributed by atoms with van der Waals surface area (Å²) in [6, 6.07) is 0. The van der Waals surface area contributed by atoms with Gasteiger partial charge in [-0.1, -0.05) is 39.8 Å². The van der Waals surface area contributed by atoms with E-state index in [1.165, 1.54) is 0 Å². The third kappa shape index (κ3) is 4.42. The van der Waals surface area contributed by atoms with E-state index in [2.05, 4.69) is 59.9 Å². The van der Waals surface area contributed by atoms with E-state index < -0.39 is 8.32 Å². The molecule has 0 rings (SSSR count). The fourth-order valence-corrected chi connectivity index (χ4v) is 2.05. The molecule has 0 radical (unpaired) electrons. The zero-order chi connectivity index (χ0) is 11.4. The van der Waals surface area contributed by atoms with Crippen LogP contribution in [-0.2, 0) is 4.43 Å². The lowest BCUT2D eigenvalue weighted by molar-refractivity contribution is 0.259. The van der Waals surface area contributed by atoms with Crippen molar-refractivity contribution in [3.63, 3.8) is 0 Å². The van der Waals surface area contributed by atoms with Crippen molar-refractivity contribution in [3.05, 3.63) is 12.2 Å². The van der Waals surface area contributed by atoms with Crippen molar-refractivity contribution >= 4 is 8.32 Å². The Bertz CT molecular complexity index is 189. The molecule has 0 aromatic carbocycles. The topological polar surface area (TPSA) is 9.23 Å². The average molecular weight is 214 g/mol. The van der Waals surface area contributed by atoms with E-state index in [0.717, 1.165) is 6.61 Å². The summed E-state index contributed by atoms with van der Waals surface area (Å²) in [6.45, 7) is 16.6. The maximum Gasteiger partial charge on any atom is 0.192 e. The van der Waals surface area contributed by atoms with E-state index in [1.807, 2.05) is 0 Å². The van der Waals surface area contributed by atoms with Gasteiger partial charge in [-0.3, -0.25) is 0 Å². The van der Waals surface area contributed by atoms with Crippen LogP contribution in [0.25, 0.3) is 0 Å². The molecule has 0 aliphatic heterocycles. The van der Waals surface area contributed by atoms with Gasteiger partial charge in [0.25, 0.3) is 0 Å². The molecule has 0 N–H and O–H groups in total. The fourth-order valence-electron chi connectivity index (χ4n) is 0.940. The molecule has 0 saturated heterocycles. The minimum Gasteiger partial charge on any atom is -0.416 e. The van der Waals surface area contributed by atoms with Crippen molar-refractivity contribution in [2.24, 2.45) is 5.92 Å². The van der Waals surface area contributed by atoms with Crippen molar-refractivity contribution < 1.29 is 4.43 Å². The first kappa shape index (κ1) is 13.9. The molecule has 2 heteroatoms. The van der Waals surface area contributed by atoms with Crippen molar-refractivity contribution in [3.8, 4) is 0 Å². The van der Waals surface area contributed by atoms with Crippen molar-refractivity contribution in [1.29, 1.82) is 0 Å². The minimum absolute atomic E-state index is 0.322. The Labute approximate surface area is 90.7 Å². The van der Waals surface area contributed by atoms with Crippen molar-refractivity contribution in [2.45, 2.75) is 52.8 Å². The molecule has 0 aromatic rings. The smallest absolute Gasteiger partial charge is 0.192 e. The van der Waals surface area contributed by atoms with Gasteiger partial charge in [0.1, 0.15) is 0 Å². The molecule has 1 nitrogen and oxygen atoms in total. The van der Waals surface area contributed by atoms with Crippen LogP contribution in [0, 0.1) is 5.92 Å². The normalized spacial score (nSPS) is 16.2. The predicted octanol–water partition coefficient (Wildman–Crippen LogP) is 4.22. The first-order valence-electron chi connectivity index (χ1n) is 5.47. The molecule has 0 bridgehead atoms. The van der Waals surface area contributed by atoms with Crippen molar-refractivity contribution in [2.75, 3.05) is 6.61 Å². The highest BCUT2D eigenvalue weighted by Gasteiger charge is 2.37. The van der Waals surface area contributed by atoms with Crippen LogP contribution in [-0.4, -0.2) is 14.9 Å². The summed E-state index contributed by atoms with van der Waals surface area (Å²) in [6.07, 6.45) is 4.30. The molecule has 1 atom stereocenters. The Morgan fingerprint density at radius 1 is 1.29 bits per heavy atom. The van der Waals surface area contributed by atoms with Gasteiger partial charge in [-0.05, 0) is 31.0 Å². The van der Waals surface area contributed by atoms with Crippen LogP contribution in [0.1, 0.15) is 34.6 Å². The van der Waals surface area contributed by atoms with Gasteiger partial charge in [-0.2, -0.15) is 0 Å². The second-order valence-corrected chi connectivity index (χ2v) is 10.4. The number of hydrogen-bond acceptors (Lipinski definition) is 1. The van der Waals surface area contributed by atoms with Crippen LogP contribution < -0.4 is 0 Å². The Balaban J connectivity index is 4.12. The summed E-state index contributed by atoms with van der Waals surface area (Å²) in [7, 11) is -1.53. The maximum absolute atomic E-state index is 6.10. The van der Waals surface area contributed by atoms with Gasteiger partial charge in [0.2, 0.25) is 0 Å². The monoisotopic (exact) mass is 214 g/mol. The molecule has 84 valence electrons. The lowest BCUT2D eigenvalue weighted by Crippen LogP contribution is -2.41. The molecule has 0 aliphatic rings. The number of rotatable bonds is 4. The van der Waals surface area contributed by atoms with Crippen LogP contribution in [0.4, 0.5) is 0 Å². The van der Waals surface area contributed by atoms with E-state index >= 15 is 0 Å². The van der Waals surface area contributed by atoms with Gasteiger partial charge in [-0.25, -0.2) is 0 Å². The lowest BCUT2D eigenvalue weighted by Gasteiger charge is -2.36. The van der Waals surface area contributed by atoms with Crippen LogP contribution in [0.2, 0.25) is 18.1 Å². The summed E-state index contributed by atoms with van der Waals surface area (Å²) in [5.41, 5.74) is 0. The Morgan fingerprint density at radius 2 is 1.79 bits per heavy atom. The van der Waals surface area contributed by atoms with E-state index in [1.54, 1.807) is 0 Å². The van der Waals surface area contributed by atoms with Crippen LogP contribution in [0.15, 0.2) is 12.2 Å². The Kier molecular flexibility index (Phi) is 5.10. The highest BCUT2D eigenvalue weighted by Crippen LogP contribution is 2.36. The molecule has 0 saturated carbocycles. The van der Waals surface area contributed by atoms with E-state index in [-0.39, 0.29) is 0 Å². The maximum atomic E-state index is 6.10. The summed E-state index contributed by atoms with van der Waals surface area (Å²) in [4.78, 5) is 0. The molecule has 14 heavy (non-hydrogen) atoms. The summed E-state index contributed by atoms with van der Waals surface area (Å²) >= 11 is 0.